The van der Waals surface area contributed by atoms with Gasteiger partial charge in [0.2, 0.25) is 0 Å². The number of nitrogens with zero attached hydrogens (tertiary/aromatic N) is 1. The molecule has 2 aliphatic rings. The third kappa shape index (κ3) is 4.08. The van der Waals surface area contributed by atoms with Gasteiger partial charge in [0.25, 0.3) is 11.5 Å². The number of carbonyl (C=O) groups excluding carboxylic acids is 1. The minimum absolute atomic E-state index is 0.115. The van der Waals surface area contributed by atoms with Gasteiger partial charge < -0.3 is 10.2 Å². The van der Waals surface area contributed by atoms with Gasteiger partial charge in [-0.2, -0.15) is 24.9 Å². The Balaban J connectivity index is 1.62. The van der Waals surface area contributed by atoms with E-state index >= 15 is 0 Å². The lowest BCUT2D eigenvalue weighted by molar-refractivity contribution is -0.275. The summed E-state index contributed by atoms with van der Waals surface area (Å²) in [5, 5.41) is 6.95. The first-order valence-electron chi connectivity index (χ1n) is 9.79. The summed E-state index contributed by atoms with van der Waals surface area (Å²) in [7, 11) is 0. The van der Waals surface area contributed by atoms with E-state index in [4.69, 9.17) is 28.0 Å². The first-order chi connectivity index (χ1) is 15.0. The van der Waals surface area contributed by atoms with Gasteiger partial charge in [-0.25, -0.2) is 0 Å². The number of benzene rings is 2. The summed E-state index contributed by atoms with van der Waals surface area (Å²) < 4.78 is 42.7. The third-order valence-electron chi connectivity index (χ3n) is 5.71. The van der Waals surface area contributed by atoms with Crippen molar-refractivity contribution >= 4 is 46.6 Å². The van der Waals surface area contributed by atoms with Crippen molar-refractivity contribution in [2.75, 3.05) is 11.5 Å². The lowest BCUT2D eigenvalue weighted by Crippen LogP contribution is -2.44. The number of aryl methyl sites for hydroxylation is 1. The van der Waals surface area contributed by atoms with Gasteiger partial charge in [0.15, 0.2) is 0 Å². The molecule has 1 amide bonds. The van der Waals surface area contributed by atoms with Crippen molar-refractivity contribution in [3.63, 3.8) is 0 Å². The minimum atomic E-state index is -4.77. The minimum Gasteiger partial charge on any atom is -0.374 e. The number of carbonyl (C=O) groups is 1. The number of hydrogen-bond acceptors (Lipinski definition) is 4. The smallest absolute Gasteiger partial charge is 0.374 e. The van der Waals surface area contributed by atoms with Crippen molar-refractivity contribution in [1.29, 1.82) is 0 Å². The number of nitrogens with one attached hydrogen (secondary N) is 1. The molecule has 2 heterocycles. The molecule has 0 radical (unpaired) electrons. The molecule has 0 bridgehead atoms. The molecule has 0 spiro atoms. The standard InChI is InChI=1S/C22H19Cl2F3N2O2S/c1-11-5-13(3-4-16(11)20(30)28-15-9-32-10-15)19-8-21(31-29-19,22(25,26)27)14-6-17(23)12(2)18(24)7-14/h3-7,15H,8-10H2,1-2H3,(H,28,30). The topological polar surface area (TPSA) is 50.7 Å². The van der Waals surface area contributed by atoms with Gasteiger partial charge >= 0.3 is 6.18 Å². The van der Waals surface area contributed by atoms with E-state index in [2.05, 4.69) is 10.5 Å². The summed E-state index contributed by atoms with van der Waals surface area (Å²) >= 11 is 14.0. The summed E-state index contributed by atoms with van der Waals surface area (Å²) in [6.45, 7) is 3.36. The number of alkyl halides is 3. The SMILES string of the molecule is Cc1cc(C2=NOC(c3cc(Cl)c(C)c(Cl)c3)(C(F)(F)F)C2)ccc1C(=O)NC1CSC1. The second kappa shape index (κ2) is 8.47. The zero-order chi connectivity index (χ0) is 23.3. The Labute approximate surface area is 197 Å². The fraction of sp³-hybridized carbons (Fsp3) is 0.364. The van der Waals surface area contributed by atoms with Crippen LogP contribution in [0.3, 0.4) is 0 Å². The van der Waals surface area contributed by atoms with Gasteiger partial charge in [-0.15, -0.1) is 0 Å². The van der Waals surface area contributed by atoms with Crippen molar-refractivity contribution in [2.24, 2.45) is 5.16 Å². The number of halogens is 5. The molecule has 0 saturated carbocycles. The Morgan fingerprint density at radius 2 is 1.84 bits per heavy atom. The zero-order valence-electron chi connectivity index (χ0n) is 17.1. The highest BCUT2D eigenvalue weighted by atomic mass is 35.5. The van der Waals surface area contributed by atoms with Crippen molar-refractivity contribution in [3.05, 3.63) is 68.2 Å². The van der Waals surface area contributed by atoms with Crippen LogP contribution < -0.4 is 5.32 Å². The van der Waals surface area contributed by atoms with Crippen LogP contribution in [-0.4, -0.2) is 35.3 Å². The van der Waals surface area contributed by atoms with Crippen LogP contribution in [0.4, 0.5) is 13.2 Å². The van der Waals surface area contributed by atoms with E-state index in [1.807, 2.05) is 0 Å². The van der Waals surface area contributed by atoms with Crippen LogP contribution in [0.5, 0.6) is 0 Å². The highest BCUT2D eigenvalue weighted by Gasteiger charge is 2.62. The van der Waals surface area contributed by atoms with E-state index in [-0.39, 0.29) is 33.3 Å². The number of amides is 1. The lowest BCUT2D eigenvalue weighted by Gasteiger charge is -2.30. The lowest BCUT2D eigenvalue weighted by atomic mass is 9.85. The van der Waals surface area contributed by atoms with Gasteiger partial charge in [-0.1, -0.05) is 34.4 Å². The normalized spacial score (nSPS) is 21.0. The Bertz CT molecular complexity index is 1100. The number of hydrogen-bond donors (Lipinski definition) is 1. The monoisotopic (exact) mass is 502 g/mol. The van der Waals surface area contributed by atoms with Crippen molar-refractivity contribution in [2.45, 2.75) is 38.1 Å². The van der Waals surface area contributed by atoms with Crippen LogP contribution in [0.1, 0.15) is 39.0 Å². The first kappa shape index (κ1) is 23.3. The summed E-state index contributed by atoms with van der Waals surface area (Å²) in [5.74, 6) is 1.56. The molecule has 32 heavy (non-hydrogen) atoms. The third-order valence-corrected chi connectivity index (χ3v) is 7.77. The number of rotatable bonds is 4. The van der Waals surface area contributed by atoms with E-state index < -0.39 is 18.2 Å². The Hall–Kier alpha value is -1.90. The second-order valence-corrected chi connectivity index (χ2v) is 9.82. The highest BCUT2D eigenvalue weighted by molar-refractivity contribution is 8.00. The predicted molar refractivity (Wildman–Crippen MR) is 121 cm³/mol. The quantitative estimate of drug-likeness (QED) is 0.554. The van der Waals surface area contributed by atoms with Gasteiger partial charge in [0.05, 0.1) is 5.71 Å². The first-order valence-corrected chi connectivity index (χ1v) is 11.7. The van der Waals surface area contributed by atoms with Gasteiger partial charge in [-0.05, 0) is 54.8 Å². The fourth-order valence-corrected chi connectivity index (χ4v) is 4.74. The molecule has 0 aliphatic carbocycles. The van der Waals surface area contributed by atoms with E-state index in [1.165, 1.54) is 12.1 Å². The van der Waals surface area contributed by atoms with Gasteiger partial charge in [-0.3, -0.25) is 4.79 Å². The molecule has 1 atom stereocenters. The maximum Gasteiger partial charge on any atom is 0.435 e. The largest absolute Gasteiger partial charge is 0.435 e. The summed E-state index contributed by atoms with van der Waals surface area (Å²) in [6.07, 6.45) is -5.31. The summed E-state index contributed by atoms with van der Waals surface area (Å²) in [5.41, 5.74) is -0.733. The molecule has 2 aliphatic heterocycles. The second-order valence-electron chi connectivity index (χ2n) is 7.93. The van der Waals surface area contributed by atoms with Crippen LogP contribution in [-0.2, 0) is 10.4 Å². The fourth-order valence-electron chi connectivity index (χ4n) is 3.62. The molecule has 1 saturated heterocycles. The van der Waals surface area contributed by atoms with E-state index in [1.54, 1.807) is 43.8 Å². The van der Waals surface area contributed by atoms with Crippen LogP contribution in [0.2, 0.25) is 10.0 Å². The van der Waals surface area contributed by atoms with E-state index in [0.717, 1.165) is 11.5 Å². The Morgan fingerprint density at radius 3 is 2.38 bits per heavy atom. The van der Waals surface area contributed by atoms with Crippen LogP contribution in [0.25, 0.3) is 0 Å². The molecule has 2 aromatic carbocycles. The van der Waals surface area contributed by atoms with Crippen molar-refractivity contribution in [1.82, 2.24) is 5.32 Å². The number of thioether (sulfide) groups is 1. The molecule has 1 fully saturated rings. The molecule has 1 N–H and O–H groups in total. The zero-order valence-corrected chi connectivity index (χ0v) is 19.5. The summed E-state index contributed by atoms with van der Waals surface area (Å²) in [6, 6.07) is 7.41. The van der Waals surface area contributed by atoms with Crippen LogP contribution in [0.15, 0.2) is 35.5 Å². The number of oxime groups is 1. The molecule has 4 rings (SSSR count). The van der Waals surface area contributed by atoms with Gasteiger partial charge in [0.1, 0.15) is 0 Å². The van der Waals surface area contributed by atoms with E-state index in [0.29, 0.717) is 22.3 Å². The Kier molecular flexibility index (Phi) is 6.15. The van der Waals surface area contributed by atoms with Gasteiger partial charge in [0, 0.05) is 45.1 Å². The summed E-state index contributed by atoms with van der Waals surface area (Å²) in [4.78, 5) is 17.5. The predicted octanol–water partition coefficient (Wildman–Crippen LogP) is 6.04. The maximum atomic E-state index is 14.2. The van der Waals surface area contributed by atoms with Crippen LogP contribution >= 0.6 is 35.0 Å². The maximum absolute atomic E-state index is 14.2. The van der Waals surface area contributed by atoms with Crippen molar-refractivity contribution < 1.29 is 22.8 Å². The molecule has 4 nitrogen and oxygen atoms in total. The molecule has 170 valence electrons. The van der Waals surface area contributed by atoms with Crippen LogP contribution in [0, 0.1) is 13.8 Å². The molecule has 10 heteroatoms. The molecular formula is C22H19Cl2F3N2O2S. The van der Waals surface area contributed by atoms with Crippen molar-refractivity contribution in [3.8, 4) is 0 Å². The molecule has 2 aromatic rings. The molecular weight excluding hydrogens is 484 g/mol. The average Bonchev–Trinajstić information content (AvgIpc) is 3.15. The molecule has 0 aromatic heterocycles. The highest BCUT2D eigenvalue weighted by Crippen LogP contribution is 2.50. The van der Waals surface area contributed by atoms with E-state index in [9.17, 15) is 18.0 Å². The Morgan fingerprint density at radius 1 is 1.19 bits per heavy atom. The average molecular weight is 503 g/mol. The molecule has 1 unspecified atom stereocenters.